The molecule has 0 fully saturated rings. The van der Waals surface area contributed by atoms with Gasteiger partial charge in [-0.15, -0.1) is 0 Å². The Morgan fingerprint density at radius 1 is 1.03 bits per heavy atom. The molecule has 0 unspecified atom stereocenters. The number of halogens is 1. The van der Waals surface area contributed by atoms with Gasteiger partial charge >= 0.3 is 0 Å². The number of nitrogens with one attached hydrogen (secondary N) is 3. The van der Waals surface area contributed by atoms with Gasteiger partial charge in [-0.25, -0.2) is 4.98 Å². The number of rotatable bonds is 8. The number of carbonyl (C=O) groups is 1. The number of amides is 1. The second kappa shape index (κ2) is 10.3. The van der Waals surface area contributed by atoms with Gasteiger partial charge in [0.1, 0.15) is 5.82 Å². The van der Waals surface area contributed by atoms with Gasteiger partial charge in [-0.3, -0.25) is 4.79 Å². The Morgan fingerprint density at radius 2 is 1.79 bits per heavy atom. The molecule has 4 rings (SSSR count). The molecule has 0 spiro atoms. The normalized spacial score (nSPS) is 10.8. The van der Waals surface area contributed by atoms with Crippen LogP contribution in [0.2, 0.25) is 5.02 Å². The van der Waals surface area contributed by atoms with E-state index in [1.807, 2.05) is 73.6 Å². The summed E-state index contributed by atoms with van der Waals surface area (Å²) in [6, 6.07) is 19.4. The molecule has 0 bridgehead atoms. The molecule has 3 aromatic carbocycles. The van der Waals surface area contributed by atoms with Crippen LogP contribution in [-0.2, 0) is 11.3 Å². The Hall–Kier alpha value is -3.94. The minimum atomic E-state index is -0.274. The van der Waals surface area contributed by atoms with Crippen LogP contribution in [-0.4, -0.2) is 34.9 Å². The molecule has 4 aromatic rings. The van der Waals surface area contributed by atoms with Gasteiger partial charge < -0.3 is 20.9 Å². The van der Waals surface area contributed by atoms with Gasteiger partial charge in [0, 0.05) is 35.2 Å². The quantitative estimate of drug-likeness (QED) is 0.275. The van der Waals surface area contributed by atoms with Gasteiger partial charge in [-0.2, -0.15) is 4.98 Å². The number of aromatic nitrogens is 2. The number of nitrogens with zero attached hydrogens (tertiary/aromatic N) is 3. The zero-order valence-corrected chi connectivity index (χ0v) is 19.7. The molecular formula is C26H25ClN6O. The maximum Gasteiger partial charge on any atom is 0.247 e. The predicted octanol–water partition coefficient (Wildman–Crippen LogP) is 5.96. The minimum absolute atomic E-state index is 0.274. The summed E-state index contributed by atoms with van der Waals surface area (Å²) in [6.45, 7) is 4.22. The Balaban J connectivity index is 1.58. The fraction of sp³-hybridized carbons (Fsp3) is 0.115. The van der Waals surface area contributed by atoms with Gasteiger partial charge in [0.15, 0.2) is 0 Å². The first-order valence-electron chi connectivity index (χ1n) is 10.7. The van der Waals surface area contributed by atoms with Crippen molar-refractivity contribution in [1.82, 2.24) is 14.9 Å². The van der Waals surface area contributed by atoms with E-state index in [2.05, 4.69) is 32.5 Å². The van der Waals surface area contributed by atoms with E-state index in [0.717, 1.165) is 27.7 Å². The highest BCUT2D eigenvalue weighted by atomic mass is 35.5. The smallest absolute Gasteiger partial charge is 0.247 e. The molecule has 1 amide bonds. The molecule has 0 aliphatic carbocycles. The summed E-state index contributed by atoms with van der Waals surface area (Å²) >= 11 is 6.45. The molecule has 172 valence electrons. The van der Waals surface area contributed by atoms with Crippen LogP contribution < -0.4 is 16.0 Å². The lowest BCUT2D eigenvalue weighted by atomic mass is 10.1. The molecule has 7 nitrogen and oxygen atoms in total. The van der Waals surface area contributed by atoms with Crippen molar-refractivity contribution in [3.63, 3.8) is 0 Å². The van der Waals surface area contributed by atoms with Crippen molar-refractivity contribution in [1.29, 1.82) is 0 Å². The predicted molar refractivity (Wildman–Crippen MR) is 140 cm³/mol. The largest absolute Gasteiger partial charge is 0.340 e. The molecular weight excluding hydrogens is 448 g/mol. The molecule has 0 saturated carbocycles. The summed E-state index contributed by atoms with van der Waals surface area (Å²) in [5.41, 5.74) is 3.27. The van der Waals surface area contributed by atoms with Crippen molar-refractivity contribution in [3.05, 3.63) is 90.1 Å². The number of hydrogen-bond acceptors (Lipinski definition) is 6. The van der Waals surface area contributed by atoms with Crippen LogP contribution in [0.4, 0.5) is 28.8 Å². The maximum atomic E-state index is 11.8. The molecule has 34 heavy (non-hydrogen) atoms. The third-order valence-corrected chi connectivity index (χ3v) is 5.25. The van der Waals surface area contributed by atoms with E-state index < -0.39 is 0 Å². The summed E-state index contributed by atoms with van der Waals surface area (Å²) in [6.07, 6.45) is 2.91. The van der Waals surface area contributed by atoms with E-state index in [9.17, 15) is 4.79 Å². The van der Waals surface area contributed by atoms with Crippen LogP contribution in [0.5, 0.6) is 0 Å². The molecule has 0 radical (unpaired) electrons. The van der Waals surface area contributed by atoms with Crippen molar-refractivity contribution >= 4 is 57.1 Å². The van der Waals surface area contributed by atoms with Gasteiger partial charge in [-0.05, 0) is 67.5 Å². The molecule has 0 aliphatic rings. The highest BCUT2D eigenvalue weighted by molar-refractivity contribution is 6.35. The van der Waals surface area contributed by atoms with Gasteiger partial charge in [0.2, 0.25) is 11.9 Å². The standard InChI is InChI=1S/C26H25ClN6O/c1-4-25(34)30-19-11-17(16-33(2)3)12-20(14-19)31-26-28-10-9-24(32-26)29-21-13-18-7-5-6-8-22(18)23(27)15-21/h4-15H,1,16H2,2-3H3,(H,30,34)(H2,28,29,31,32). The van der Waals surface area contributed by atoms with Crippen molar-refractivity contribution in [3.8, 4) is 0 Å². The molecule has 0 aliphatic heterocycles. The molecule has 3 N–H and O–H groups in total. The van der Waals surface area contributed by atoms with Crippen molar-refractivity contribution in [2.45, 2.75) is 6.54 Å². The lowest BCUT2D eigenvalue weighted by Gasteiger charge is -2.15. The Morgan fingerprint density at radius 3 is 2.59 bits per heavy atom. The van der Waals surface area contributed by atoms with Crippen molar-refractivity contribution in [2.75, 3.05) is 30.0 Å². The van der Waals surface area contributed by atoms with Crippen LogP contribution in [0.25, 0.3) is 10.8 Å². The Labute approximate surface area is 203 Å². The average Bonchev–Trinajstić information content (AvgIpc) is 2.78. The zero-order valence-electron chi connectivity index (χ0n) is 19.0. The van der Waals surface area contributed by atoms with E-state index in [1.54, 1.807) is 12.3 Å². The molecule has 8 heteroatoms. The van der Waals surface area contributed by atoms with Crippen molar-refractivity contribution < 1.29 is 4.79 Å². The lowest BCUT2D eigenvalue weighted by Crippen LogP contribution is -2.12. The first-order chi connectivity index (χ1) is 16.4. The van der Waals surface area contributed by atoms with Crippen LogP contribution >= 0.6 is 11.6 Å². The van der Waals surface area contributed by atoms with Crippen molar-refractivity contribution in [2.24, 2.45) is 0 Å². The fourth-order valence-electron chi connectivity index (χ4n) is 3.59. The Kier molecular flexibility index (Phi) is 7.06. The van der Waals surface area contributed by atoms with Crippen LogP contribution in [0.15, 0.2) is 79.5 Å². The van der Waals surface area contributed by atoms with E-state index in [-0.39, 0.29) is 5.91 Å². The molecule has 0 atom stereocenters. The summed E-state index contributed by atoms with van der Waals surface area (Å²) in [5, 5.41) is 12.0. The van der Waals surface area contributed by atoms with Gasteiger partial charge in [0.25, 0.3) is 0 Å². The van der Waals surface area contributed by atoms with Gasteiger partial charge in [0.05, 0.1) is 5.02 Å². The third-order valence-electron chi connectivity index (χ3n) is 4.94. The van der Waals surface area contributed by atoms with E-state index in [4.69, 9.17) is 11.6 Å². The number of fused-ring (bicyclic) bond motifs is 1. The summed E-state index contributed by atoms with van der Waals surface area (Å²) in [4.78, 5) is 22.8. The van der Waals surface area contributed by atoms with Crippen LogP contribution in [0.1, 0.15) is 5.56 Å². The molecule has 1 heterocycles. The monoisotopic (exact) mass is 472 g/mol. The summed E-state index contributed by atoms with van der Waals surface area (Å²) in [5.74, 6) is 0.762. The molecule has 0 saturated heterocycles. The summed E-state index contributed by atoms with van der Waals surface area (Å²) < 4.78 is 0. The number of carbonyl (C=O) groups excluding carboxylic acids is 1. The number of anilines is 5. The highest BCUT2D eigenvalue weighted by Gasteiger charge is 2.08. The second-order valence-electron chi connectivity index (χ2n) is 8.04. The first-order valence-corrected chi connectivity index (χ1v) is 11.0. The van der Waals surface area contributed by atoms with Gasteiger partial charge in [-0.1, -0.05) is 42.4 Å². The van der Waals surface area contributed by atoms with E-state index in [0.29, 0.717) is 29.0 Å². The topological polar surface area (TPSA) is 82.2 Å². The number of benzene rings is 3. The SMILES string of the molecule is C=CC(=O)Nc1cc(CN(C)C)cc(Nc2nccc(Nc3cc(Cl)c4ccccc4c3)n2)c1. The molecule has 1 aromatic heterocycles. The minimum Gasteiger partial charge on any atom is -0.340 e. The lowest BCUT2D eigenvalue weighted by molar-refractivity contribution is -0.111. The van der Waals surface area contributed by atoms with Crippen LogP contribution in [0, 0.1) is 0 Å². The second-order valence-corrected chi connectivity index (χ2v) is 8.45. The maximum absolute atomic E-state index is 11.8. The average molecular weight is 473 g/mol. The van der Waals surface area contributed by atoms with E-state index in [1.165, 1.54) is 6.08 Å². The highest BCUT2D eigenvalue weighted by Crippen LogP contribution is 2.29. The van der Waals surface area contributed by atoms with E-state index >= 15 is 0 Å². The fourth-order valence-corrected chi connectivity index (χ4v) is 3.88. The van der Waals surface area contributed by atoms with Crippen LogP contribution in [0.3, 0.4) is 0 Å². The summed E-state index contributed by atoms with van der Waals surface area (Å²) in [7, 11) is 3.97. The number of hydrogen-bond donors (Lipinski definition) is 3. The zero-order chi connectivity index (χ0) is 24.1. The third kappa shape index (κ3) is 5.89. The first kappa shape index (κ1) is 23.2. The Bertz CT molecular complexity index is 1350.